The molecule has 0 aromatic carbocycles. The van der Waals surface area contributed by atoms with E-state index in [4.69, 9.17) is 4.74 Å². The summed E-state index contributed by atoms with van der Waals surface area (Å²) in [5.74, 6) is -0.780. The van der Waals surface area contributed by atoms with Crippen molar-refractivity contribution >= 4 is 12.2 Å². The fourth-order valence-electron chi connectivity index (χ4n) is 4.75. The number of aldehydes is 1. The third-order valence-corrected chi connectivity index (χ3v) is 6.58. The van der Waals surface area contributed by atoms with Gasteiger partial charge in [0.25, 0.3) is 0 Å². The number of aromatic nitrogens is 1. The first kappa shape index (κ1) is 19.2. The highest BCUT2D eigenvalue weighted by atomic mass is 19.4. The van der Waals surface area contributed by atoms with Crippen molar-refractivity contribution in [3.8, 4) is 5.75 Å². The minimum atomic E-state index is -4.16. The Morgan fingerprint density at radius 2 is 2.07 bits per heavy atom. The highest BCUT2D eigenvalue weighted by molar-refractivity contribution is 5.79. The molecule has 1 aromatic rings. The number of carbonyl (C=O) groups is 2. The van der Waals surface area contributed by atoms with Crippen LogP contribution in [-0.2, 0) is 4.79 Å². The number of halogens is 3. The van der Waals surface area contributed by atoms with E-state index >= 15 is 0 Å². The van der Waals surface area contributed by atoms with Crippen molar-refractivity contribution in [2.45, 2.75) is 38.3 Å². The number of likely N-dealkylation sites (tertiary alicyclic amines) is 1. The zero-order valence-electron chi connectivity index (χ0n) is 15.5. The van der Waals surface area contributed by atoms with Crippen molar-refractivity contribution in [3.63, 3.8) is 0 Å². The molecule has 3 fully saturated rings. The van der Waals surface area contributed by atoms with Gasteiger partial charge in [-0.1, -0.05) is 0 Å². The Balaban J connectivity index is 1.31. The predicted molar refractivity (Wildman–Crippen MR) is 93.7 cm³/mol. The summed E-state index contributed by atoms with van der Waals surface area (Å²) in [6, 6.07) is 3.40. The molecule has 0 spiro atoms. The number of piperidine rings is 1. The molecule has 3 aliphatic rings. The van der Waals surface area contributed by atoms with Crippen LogP contribution in [0, 0.1) is 23.2 Å². The first-order valence-corrected chi connectivity index (χ1v) is 9.71. The van der Waals surface area contributed by atoms with E-state index in [1.54, 1.807) is 17.0 Å². The van der Waals surface area contributed by atoms with Gasteiger partial charge in [0.05, 0.1) is 12.5 Å². The maximum absolute atomic E-state index is 12.8. The molecule has 0 N–H and O–H groups in total. The number of amides is 1. The van der Waals surface area contributed by atoms with Crippen molar-refractivity contribution in [2.24, 2.45) is 23.2 Å². The van der Waals surface area contributed by atoms with Crippen LogP contribution in [0.3, 0.4) is 0 Å². The fourth-order valence-corrected chi connectivity index (χ4v) is 4.75. The van der Waals surface area contributed by atoms with Crippen molar-refractivity contribution in [1.29, 1.82) is 0 Å². The standard InChI is InChI=1S/C20H23F3N2O3/c21-20(22,23)14-5-3-13(4-6-14)18(27)25-9-15-8-19(15,11-25)12-28-17-2-1-7-24-16(17)10-26/h1-2,7,10,13-15H,3-6,8-9,11-12H2/t13-,14-,15?,19?. The van der Waals surface area contributed by atoms with Gasteiger partial charge in [0.1, 0.15) is 11.4 Å². The summed E-state index contributed by atoms with van der Waals surface area (Å²) in [5, 5.41) is 0. The lowest BCUT2D eigenvalue weighted by Gasteiger charge is -2.32. The van der Waals surface area contributed by atoms with Crippen LogP contribution >= 0.6 is 0 Å². The van der Waals surface area contributed by atoms with Crippen LogP contribution in [-0.4, -0.2) is 47.9 Å². The number of fused-ring (bicyclic) bond motifs is 1. The first-order valence-electron chi connectivity index (χ1n) is 9.71. The minimum absolute atomic E-state index is 0.0119. The maximum Gasteiger partial charge on any atom is 0.391 e. The SMILES string of the molecule is O=Cc1ncccc1OCC12CC1CN(C(=O)[C@H]1CC[C@H](C(F)(F)F)CC1)C2. The number of hydrogen-bond acceptors (Lipinski definition) is 4. The topological polar surface area (TPSA) is 59.5 Å². The monoisotopic (exact) mass is 396 g/mol. The van der Waals surface area contributed by atoms with Gasteiger partial charge in [-0.3, -0.25) is 9.59 Å². The van der Waals surface area contributed by atoms with Crippen LogP contribution in [0.15, 0.2) is 18.3 Å². The Hall–Kier alpha value is -2.12. The second-order valence-corrected chi connectivity index (χ2v) is 8.37. The lowest BCUT2D eigenvalue weighted by atomic mass is 9.81. The summed E-state index contributed by atoms with van der Waals surface area (Å²) in [5.41, 5.74) is 0.151. The van der Waals surface area contributed by atoms with E-state index in [9.17, 15) is 22.8 Å². The lowest BCUT2D eigenvalue weighted by Crippen LogP contribution is -2.40. The van der Waals surface area contributed by atoms with Crippen molar-refractivity contribution < 1.29 is 27.5 Å². The van der Waals surface area contributed by atoms with E-state index < -0.39 is 12.1 Å². The van der Waals surface area contributed by atoms with E-state index in [0.29, 0.717) is 50.5 Å². The van der Waals surface area contributed by atoms with E-state index in [1.807, 2.05) is 0 Å². The smallest absolute Gasteiger partial charge is 0.391 e. The normalized spacial score (nSPS) is 32.0. The molecule has 2 atom stereocenters. The summed E-state index contributed by atoms with van der Waals surface area (Å²) >= 11 is 0. The van der Waals surface area contributed by atoms with Crippen LogP contribution in [0.5, 0.6) is 5.75 Å². The molecule has 0 bridgehead atoms. The molecule has 1 amide bonds. The zero-order chi connectivity index (χ0) is 19.9. The molecule has 1 aliphatic heterocycles. The summed E-state index contributed by atoms with van der Waals surface area (Å²) in [6.45, 7) is 1.64. The number of rotatable bonds is 5. The van der Waals surface area contributed by atoms with Crippen molar-refractivity contribution in [3.05, 3.63) is 24.0 Å². The average molecular weight is 396 g/mol. The van der Waals surface area contributed by atoms with Gasteiger partial charge in [0.15, 0.2) is 6.29 Å². The summed E-state index contributed by atoms with van der Waals surface area (Å²) < 4.78 is 44.3. The molecule has 2 heterocycles. The van der Waals surface area contributed by atoms with Gasteiger partial charge in [-0.25, -0.2) is 4.98 Å². The second-order valence-electron chi connectivity index (χ2n) is 8.37. The fraction of sp³-hybridized carbons (Fsp3) is 0.650. The Kier molecular flexibility index (Phi) is 4.83. The molecule has 28 heavy (non-hydrogen) atoms. The molecular weight excluding hydrogens is 373 g/mol. The first-order chi connectivity index (χ1) is 13.3. The molecular formula is C20H23F3N2O3. The number of alkyl halides is 3. The van der Waals surface area contributed by atoms with E-state index in [0.717, 1.165) is 6.42 Å². The minimum Gasteiger partial charge on any atom is -0.491 e. The Labute approximate surface area is 161 Å². The molecule has 1 saturated heterocycles. The Bertz CT molecular complexity index is 761. The van der Waals surface area contributed by atoms with Gasteiger partial charge >= 0.3 is 6.18 Å². The predicted octanol–water partition coefficient (Wildman–Crippen LogP) is 3.49. The molecule has 2 aliphatic carbocycles. The average Bonchev–Trinajstić information content (AvgIpc) is 3.25. The molecule has 5 nitrogen and oxygen atoms in total. The van der Waals surface area contributed by atoms with Crippen LogP contribution in [0.1, 0.15) is 42.6 Å². The number of pyridine rings is 1. The van der Waals surface area contributed by atoms with Crippen molar-refractivity contribution in [2.75, 3.05) is 19.7 Å². The summed E-state index contributed by atoms with van der Waals surface area (Å²) in [7, 11) is 0. The van der Waals surface area contributed by atoms with Crippen LogP contribution < -0.4 is 4.74 Å². The van der Waals surface area contributed by atoms with Gasteiger partial charge in [-0.05, 0) is 50.2 Å². The van der Waals surface area contributed by atoms with Gasteiger partial charge in [-0.2, -0.15) is 13.2 Å². The van der Waals surface area contributed by atoms with Gasteiger partial charge in [-0.15, -0.1) is 0 Å². The number of ether oxygens (including phenoxy) is 1. The van der Waals surface area contributed by atoms with Crippen LogP contribution in [0.4, 0.5) is 13.2 Å². The maximum atomic E-state index is 12.8. The highest BCUT2D eigenvalue weighted by Crippen LogP contribution is 2.58. The highest BCUT2D eigenvalue weighted by Gasteiger charge is 2.61. The van der Waals surface area contributed by atoms with Crippen LogP contribution in [0.2, 0.25) is 0 Å². The Morgan fingerprint density at radius 3 is 2.75 bits per heavy atom. The van der Waals surface area contributed by atoms with E-state index in [2.05, 4.69) is 4.98 Å². The summed E-state index contributed by atoms with van der Waals surface area (Å²) in [4.78, 5) is 29.6. The van der Waals surface area contributed by atoms with Crippen LogP contribution in [0.25, 0.3) is 0 Å². The van der Waals surface area contributed by atoms with Gasteiger partial charge in [0.2, 0.25) is 5.91 Å². The quantitative estimate of drug-likeness (QED) is 0.715. The molecule has 1 aromatic heterocycles. The molecule has 0 radical (unpaired) electrons. The summed E-state index contributed by atoms with van der Waals surface area (Å²) in [6.07, 6.45) is -0.303. The van der Waals surface area contributed by atoms with E-state index in [1.165, 1.54) is 6.20 Å². The van der Waals surface area contributed by atoms with Crippen molar-refractivity contribution in [1.82, 2.24) is 9.88 Å². The Morgan fingerprint density at radius 1 is 1.32 bits per heavy atom. The zero-order valence-corrected chi connectivity index (χ0v) is 15.5. The largest absolute Gasteiger partial charge is 0.491 e. The molecule has 152 valence electrons. The van der Waals surface area contributed by atoms with Gasteiger partial charge in [0, 0.05) is 30.6 Å². The number of hydrogen-bond donors (Lipinski definition) is 0. The molecule has 2 unspecified atom stereocenters. The number of carbonyl (C=O) groups excluding carboxylic acids is 2. The molecule has 4 rings (SSSR count). The third kappa shape index (κ3) is 3.61. The van der Waals surface area contributed by atoms with Gasteiger partial charge < -0.3 is 9.64 Å². The third-order valence-electron chi connectivity index (χ3n) is 6.58. The molecule has 2 saturated carbocycles. The molecule has 8 heteroatoms. The second kappa shape index (κ2) is 7.04. The lowest BCUT2D eigenvalue weighted by molar-refractivity contribution is -0.185. The number of nitrogens with zero attached hydrogens (tertiary/aromatic N) is 2. The van der Waals surface area contributed by atoms with E-state index in [-0.39, 0.29) is 35.8 Å².